The largest absolute Gasteiger partial charge is 0.307 e. The van der Waals surface area contributed by atoms with Gasteiger partial charge in [-0.2, -0.15) is 5.10 Å². The number of benzene rings is 2. The minimum absolute atomic E-state index is 0.145. The smallest absolute Gasteiger partial charge is 0.256 e. The molecule has 1 amide bonds. The highest BCUT2D eigenvalue weighted by Gasteiger charge is 2.12. The molecule has 0 aliphatic carbocycles. The van der Waals surface area contributed by atoms with Crippen molar-refractivity contribution in [3.63, 3.8) is 0 Å². The van der Waals surface area contributed by atoms with Gasteiger partial charge in [-0.3, -0.25) is 9.78 Å². The molecule has 0 aliphatic rings. The van der Waals surface area contributed by atoms with E-state index >= 15 is 0 Å². The monoisotopic (exact) mass is 414 g/mol. The van der Waals surface area contributed by atoms with Crippen LogP contribution in [-0.4, -0.2) is 20.7 Å². The highest BCUT2D eigenvalue weighted by molar-refractivity contribution is 7.98. The van der Waals surface area contributed by atoms with E-state index in [0.29, 0.717) is 17.9 Å². The van der Waals surface area contributed by atoms with Gasteiger partial charge in [0.25, 0.3) is 5.91 Å². The number of carbonyl (C=O) groups excluding carboxylic acids is 1. The number of carbonyl (C=O) groups is 1. The van der Waals surface area contributed by atoms with E-state index < -0.39 is 0 Å². The van der Waals surface area contributed by atoms with Crippen LogP contribution in [0.1, 0.15) is 27.2 Å². The first-order valence-corrected chi connectivity index (χ1v) is 10.7. The van der Waals surface area contributed by atoms with E-state index in [9.17, 15) is 4.79 Å². The number of anilines is 1. The molecule has 0 fully saturated rings. The molecule has 0 unspecified atom stereocenters. The zero-order valence-corrected chi connectivity index (χ0v) is 17.5. The van der Waals surface area contributed by atoms with Crippen LogP contribution >= 0.6 is 11.8 Å². The van der Waals surface area contributed by atoms with Gasteiger partial charge in [-0.25, -0.2) is 4.68 Å². The number of aromatic nitrogens is 3. The Morgan fingerprint density at radius 2 is 1.77 bits per heavy atom. The minimum Gasteiger partial charge on any atom is -0.307 e. The summed E-state index contributed by atoms with van der Waals surface area (Å²) < 4.78 is 1.82. The molecule has 0 bridgehead atoms. The van der Waals surface area contributed by atoms with Crippen LogP contribution in [0.3, 0.4) is 0 Å². The van der Waals surface area contributed by atoms with Crippen LogP contribution in [0.15, 0.2) is 90.1 Å². The molecule has 0 saturated carbocycles. The van der Waals surface area contributed by atoms with Crippen LogP contribution in [0.5, 0.6) is 0 Å². The first-order valence-electron chi connectivity index (χ1n) is 9.69. The van der Waals surface area contributed by atoms with Crippen LogP contribution in [0, 0.1) is 6.92 Å². The molecular weight excluding hydrogens is 392 g/mol. The summed E-state index contributed by atoms with van der Waals surface area (Å²) in [6.07, 6.45) is 3.64. The number of aryl methyl sites for hydroxylation is 1. The van der Waals surface area contributed by atoms with Crippen molar-refractivity contribution < 1.29 is 4.79 Å². The quantitative estimate of drug-likeness (QED) is 0.423. The lowest BCUT2D eigenvalue weighted by Gasteiger charge is -2.09. The summed E-state index contributed by atoms with van der Waals surface area (Å²) in [4.78, 5) is 18.0. The number of amides is 1. The maximum Gasteiger partial charge on any atom is 0.256 e. The van der Waals surface area contributed by atoms with Gasteiger partial charge in [-0.05, 0) is 48.4 Å². The van der Waals surface area contributed by atoms with E-state index in [1.807, 2.05) is 84.5 Å². The maximum absolute atomic E-state index is 12.8. The summed E-state index contributed by atoms with van der Waals surface area (Å²) in [5, 5.41) is 7.51. The summed E-state index contributed by atoms with van der Waals surface area (Å²) in [6, 6.07) is 23.6. The zero-order valence-electron chi connectivity index (χ0n) is 16.7. The highest BCUT2D eigenvalue weighted by Crippen LogP contribution is 2.23. The number of thioether (sulfide) groups is 1. The van der Waals surface area contributed by atoms with Gasteiger partial charge in [0.15, 0.2) is 0 Å². The summed E-state index contributed by atoms with van der Waals surface area (Å²) in [5.41, 5.74) is 3.78. The third-order valence-electron chi connectivity index (χ3n) is 4.56. The van der Waals surface area contributed by atoms with Gasteiger partial charge in [0, 0.05) is 34.7 Å². The number of nitrogens with zero attached hydrogens (tertiary/aromatic N) is 3. The Morgan fingerprint density at radius 1 is 1.00 bits per heavy atom. The van der Waals surface area contributed by atoms with E-state index in [-0.39, 0.29) is 5.91 Å². The molecule has 30 heavy (non-hydrogen) atoms. The van der Waals surface area contributed by atoms with Crippen molar-refractivity contribution >= 4 is 23.5 Å². The molecule has 4 rings (SSSR count). The van der Waals surface area contributed by atoms with Crippen molar-refractivity contribution in [1.82, 2.24) is 14.8 Å². The number of hydrogen-bond acceptors (Lipinski definition) is 4. The SMILES string of the molecule is Cc1cc(NC(=O)c2ccc(SCc3cccnc3)cc2)n(Cc2ccccc2)n1. The lowest BCUT2D eigenvalue weighted by atomic mass is 10.2. The normalized spacial score (nSPS) is 10.7. The Morgan fingerprint density at radius 3 is 2.50 bits per heavy atom. The molecule has 0 spiro atoms. The van der Waals surface area contributed by atoms with Crippen molar-refractivity contribution in [2.45, 2.75) is 24.1 Å². The molecule has 6 heteroatoms. The van der Waals surface area contributed by atoms with Gasteiger partial charge >= 0.3 is 0 Å². The molecule has 0 saturated heterocycles. The molecule has 2 aromatic heterocycles. The molecular formula is C24H22N4OS. The Balaban J connectivity index is 1.40. The second-order valence-corrected chi connectivity index (χ2v) is 7.99. The fraction of sp³-hybridized carbons (Fsp3) is 0.125. The Kier molecular flexibility index (Phi) is 6.25. The van der Waals surface area contributed by atoms with Crippen molar-refractivity contribution in [3.8, 4) is 0 Å². The van der Waals surface area contributed by atoms with Crippen LogP contribution in [0.4, 0.5) is 5.82 Å². The Bertz CT molecular complexity index is 1110. The maximum atomic E-state index is 12.8. The Hall–Kier alpha value is -3.38. The van der Waals surface area contributed by atoms with E-state index in [2.05, 4.69) is 21.5 Å². The van der Waals surface area contributed by atoms with Gasteiger partial charge in [-0.15, -0.1) is 11.8 Å². The Labute approximate surface area is 180 Å². The molecule has 5 nitrogen and oxygen atoms in total. The summed E-state index contributed by atoms with van der Waals surface area (Å²) in [7, 11) is 0. The van der Waals surface area contributed by atoms with E-state index in [4.69, 9.17) is 0 Å². The van der Waals surface area contributed by atoms with E-state index in [1.165, 1.54) is 5.56 Å². The minimum atomic E-state index is -0.145. The van der Waals surface area contributed by atoms with Crippen LogP contribution in [-0.2, 0) is 12.3 Å². The van der Waals surface area contributed by atoms with Crippen molar-refractivity contribution in [2.24, 2.45) is 0 Å². The number of rotatable bonds is 7. The fourth-order valence-electron chi connectivity index (χ4n) is 3.06. The average molecular weight is 415 g/mol. The van der Waals surface area contributed by atoms with Gasteiger partial charge in [0.2, 0.25) is 0 Å². The van der Waals surface area contributed by atoms with Crippen molar-refractivity contribution in [3.05, 3.63) is 108 Å². The molecule has 0 radical (unpaired) electrons. The molecule has 0 atom stereocenters. The summed E-state index contributed by atoms with van der Waals surface area (Å²) in [5.74, 6) is 1.39. The summed E-state index contributed by atoms with van der Waals surface area (Å²) >= 11 is 1.72. The van der Waals surface area contributed by atoms with Gasteiger partial charge < -0.3 is 5.32 Å². The highest BCUT2D eigenvalue weighted by atomic mass is 32.2. The zero-order chi connectivity index (χ0) is 20.8. The number of pyridine rings is 1. The first-order chi connectivity index (χ1) is 14.7. The predicted octanol–water partition coefficient (Wildman–Crippen LogP) is 5.18. The van der Waals surface area contributed by atoms with E-state index in [1.54, 1.807) is 18.0 Å². The fourth-order valence-corrected chi connectivity index (χ4v) is 3.90. The standard InChI is InChI=1S/C24H22N4OS/c1-18-14-23(28(27-18)16-19-6-3-2-4-7-19)26-24(29)21-9-11-22(12-10-21)30-17-20-8-5-13-25-15-20/h2-15H,16-17H2,1H3,(H,26,29). The van der Waals surface area contributed by atoms with E-state index in [0.717, 1.165) is 21.9 Å². The molecule has 2 heterocycles. The lowest BCUT2D eigenvalue weighted by Crippen LogP contribution is -2.16. The average Bonchev–Trinajstić information content (AvgIpc) is 3.12. The second-order valence-electron chi connectivity index (χ2n) is 6.94. The number of hydrogen-bond donors (Lipinski definition) is 1. The molecule has 150 valence electrons. The first kappa shape index (κ1) is 19.9. The topological polar surface area (TPSA) is 59.8 Å². The molecule has 1 N–H and O–H groups in total. The predicted molar refractivity (Wildman–Crippen MR) is 121 cm³/mol. The second kappa shape index (κ2) is 9.41. The molecule has 4 aromatic rings. The van der Waals surface area contributed by atoms with Crippen LogP contribution in [0.25, 0.3) is 0 Å². The van der Waals surface area contributed by atoms with Crippen LogP contribution < -0.4 is 5.32 Å². The lowest BCUT2D eigenvalue weighted by molar-refractivity contribution is 0.102. The van der Waals surface area contributed by atoms with Crippen molar-refractivity contribution in [2.75, 3.05) is 5.32 Å². The molecule has 2 aromatic carbocycles. The van der Waals surface area contributed by atoms with Gasteiger partial charge in [-0.1, -0.05) is 36.4 Å². The van der Waals surface area contributed by atoms with Crippen molar-refractivity contribution in [1.29, 1.82) is 0 Å². The van der Waals surface area contributed by atoms with Crippen LogP contribution in [0.2, 0.25) is 0 Å². The number of nitrogens with one attached hydrogen (secondary N) is 1. The third-order valence-corrected chi connectivity index (χ3v) is 5.65. The van der Waals surface area contributed by atoms with Gasteiger partial charge in [0.1, 0.15) is 5.82 Å². The molecule has 0 aliphatic heterocycles. The summed E-state index contributed by atoms with van der Waals surface area (Å²) in [6.45, 7) is 2.53. The third kappa shape index (κ3) is 5.15. The van der Waals surface area contributed by atoms with Gasteiger partial charge in [0.05, 0.1) is 12.2 Å².